The number of amidine groups is 1. The number of nitrogens with zero attached hydrogens (tertiary/aromatic N) is 3. The normalized spacial score (nSPS) is 20.0. The van der Waals surface area contributed by atoms with Gasteiger partial charge in [-0.25, -0.2) is 4.79 Å². The van der Waals surface area contributed by atoms with E-state index in [4.69, 9.17) is 10.1 Å². The van der Waals surface area contributed by atoms with Gasteiger partial charge in [0.2, 0.25) is 5.54 Å². The molecule has 0 unspecified atom stereocenters. The second-order valence-electron chi connectivity index (χ2n) is 9.93. The molecule has 4 rings (SSSR count). The van der Waals surface area contributed by atoms with Crippen molar-refractivity contribution in [2.45, 2.75) is 38.8 Å². The van der Waals surface area contributed by atoms with Crippen LogP contribution in [0.15, 0.2) is 41.5 Å². The van der Waals surface area contributed by atoms with Crippen molar-refractivity contribution >= 4 is 23.7 Å². The van der Waals surface area contributed by atoms with E-state index < -0.39 is 17.5 Å². The molecule has 39 heavy (non-hydrogen) atoms. The second-order valence-corrected chi connectivity index (χ2v) is 9.93. The molecule has 10 nitrogen and oxygen atoms in total. The predicted molar refractivity (Wildman–Crippen MR) is 148 cm³/mol. The van der Waals surface area contributed by atoms with E-state index in [1.807, 2.05) is 30.2 Å². The maximum absolute atomic E-state index is 13.1. The van der Waals surface area contributed by atoms with Crippen molar-refractivity contribution in [1.29, 1.82) is 5.41 Å². The molecule has 3 N–H and O–H groups in total. The van der Waals surface area contributed by atoms with Gasteiger partial charge in [0.05, 0.1) is 13.7 Å². The Balaban J connectivity index is 1.48. The molecule has 3 aliphatic rings. The maximum Gasteiger partial charge on any atom is 0.323 e. The van der Waals surface area contributed by atoms with Gasteiger partial charge in [-0.1, -0.05) is 43.9 Å². The first-order chi connectivity index (χ1) is 18.7. The van der Waals surface area contributed by atoms with Gasteiger partial charge < -0.3 is 24.8 Å². The quantitative estimate of drug-likeness (QED) is 0.194. The number of rotatable bonds is 9. The molecule has 0 bridgehead atoms. The zero-order chi connectivity index (χ0) is 28.2. The lowest BCUT2D eigenvalue weighted by Crippen LogP contribution is -2.54. The number of nitrogens with one attached hydrogen (secondary N) is 3. The summed E-state index contributed by atoms with van der Waals surface area (Å²) in [6, 6.07) is 4.65. The van der Waals surface area contributed by atoms with Gasteiger partial charge in [-0.15, -0.1) is 0 Å². The van der Waals surface area contributed by atoms with Crippen molar-refractivity contribution in [3.05, 3.63) is 52.6 Å². The fourth-order valence-corrected chi connectivity index (χ4v) is 4.93. The van der Waals surface area contributed by atoms with E-state index in [2.05, 4.69) is 41.2 Å². The summed E-state index contributed by atoms with van der Waals surface area (Å²) in [6.07, 6.45) is 5.04. The lowest BCUT2D eigenvalue weighted by molar-refractivity contribution is -0.122. The van der Waals surface area contributed by atoms with Crippen LogP contribution in [-0.2, 0) is 11.3 Å². The number of carbonyl (C=O) groups is 3. The Morgan fingerprint density at radius 2 is 1.92 bits per heavy atom. The van der Waals surface area contributed by atoms with Gasteiger partial charge in [0.25, 0.3) is 11.8 Å². The summed E-state index contributed by atoms with van der Waals surface area (Å²) in [5.74, 6) is 6.29. The Hall–Kier alpha value is -4.10. The molecular weight excluding hydrogens is 496 g/mol. The molecule has 2 heterocycles. The smallest absolute Gasteiger partial charge is 0.323 e. The van der Waals surface area contributed by atoms with E-state index in [9.17, 15) is 14.4 Å². The molecule has 4 amide bonds. The monoisotopic (exact) mass is 532 g/mol. The summed E-state index contributed by atoms with van der Waals surface area (Å²) < 4.78 is 5.24. The first-order valence-corrected chi connectivity index (χ1v) is 13.2. The van der Waals surface area contributed by atoms with Crippen LogP contribution < -0.4 is 15.4 Å². The molecule has 1 saturated heterocycles. The van der Waals surface area contributed by atoms with E-state index >= 15 is 0 Å². The van der Waals surface area contributed by atoms with Crippen molar-refractivity contribution in [1.82, 2.24) is 25.3 Å². The minimum atomic E-state index is -1.55. The molecule has 10 heteroatoms. The number of allylic oxidation sites excluding steroid dienone is 3. The lowest BCUT2D eigenvalue weighted by atomic mass is 9.95. The third kappa shape index (κ3) is 5.99. The fourth-order valence-electron chi connectivity index (χ4n) is 4.93. The highest BCUT2D eigenvalue weighted by atomic mass is 16.5. The van der Waals surface area contributed by atoms with Gasteiger partial charge >= 0.3 is 6.03 Å². The number of ether oxygens (including phenoxy) is 1. The van der Waals surface area contributed by atoms with Crippen LogP contribution in [0.25, 0.3) is 0 Å². The second kappa shape index (κ2) is 11.7. The first-order valence-electron chi connectivity index (χ1n) is 13.2. The highest BCUT2D eigenvalue weighted by Crippen LogP contribution is 2.29. The molecule has 0 radical (unpaired) electrons. The van der Waals surface area contributed by atoms with Crippen LogP contribution in [0.2, 0.25) is 0 Å². The van der Waals surface area contributed by atoms with Crippen molar-refractivity contribution in [3.8, 4) is 17.6 Å². The van der Waals surface area contributed by atoms with Crippen LogP contribution in [0.5, 0.6) is 5.75 Å². The van der Waals surface area contributed by atoms with Crippen LogP contribution in [0, 0.1) is 17.3 Å². The van der Waals surface area contributed by atoms with Gasteiger partial charge in [0.1, 0.15) is 11.6 Å². The highest BCUT2D eigenvalue weighted by molar-refractivity contribution is 6.10. The summed E-state index contributed by atoms with van der Waals surface area (Å²) in [5, 5.41) is 13.5. The van der Waals surface area contributed by atoms with Crippen molar-refractivity contribution in [2.75, 3.05) is 46.9 Å². The van der Waals surface area contributed by atoms with Gasteiger partial charge in [-0.3, -0.25) is 20.3 Å². The number of likely N-dealkylation sites (N-methyl/N-ethyl adjacent to an activating group) is 2. The average Bonchev–Trinajstić information content (AvgIpc) is 3.41. The van der Waals surface area contributed by atoms with Crippen LogP contribution in [0.1, 0.15) is 42.6 Å². The molecule has 0 spiro atoms. The third-order valence-corrected chi connectivity index (χ3v) is 7.48. The standard InChI is InChI=1S/C29H36N6O4/c1-5-34(6-2)16-15-33(3)25(30)21-9-7-20(8-10-21)13-14-29(27(37)31-28(38)32-29)19-35-18-22-11-12-23(39-4)17-24(22)26(35)36/h7,9,11-12,17,30H,5-6,8,10,15-16,18-19H2,1-4H3,(H2,31,32,37,38)/t29-/m1/s1. The number of amides is 4. The number of fused-ring (bicyclic) bond motifs is 1. The zero-order valence-corrected chi connectivity index (χ0v) is 23.0. The number of hydrogen-bond donors (Lipinski definition) is 3. The Morgan fingerprint density at radius 3 is 2.54 bits per heavy atom. The molecule has 1 fully saturated rings. The van der Waals surface area contributed by atoms with E-state index in [0.29, 0.717) is 36.5 Å². The molecular formula is C29H36N6O4. The first kappa shape index (κ1) is 27.9. The number of imide groups is 1. The lowest BCUT2D eigenvalue weighted by Gasteiger charge is -2.27. The predicted octanol–water partition coefficient (Wildman–Crippen LogP) is 2.13. The summed E-state index contributed by atoms with van der Waals surface area (Å²) in [6.45, 7) is 8.15. The zero-order valence-electron chi connectivity index (χ0n) is 23.0. The number of benzene rings is 1. The van der Waals surface area contributed by atoms with Gasteiger partial charge in [-0.2, -0.15) is 0 Å². The van der Waals surface area contributed by atoms with Crippen LogP contribution in [-0.4, -0.2) is 90.8 Å². The van der Waals surface area contributed by atoms with Crippen LogP contribution >= 0.6 is 0 Å². The summed E-state index contributed by atoms with van der Waals surface area (Å²) in [4.78, 5) is 43.9. The Morgan fingerprint density at radius 1 is 1.15 bits per heavy atom. The number of carbonyl (C=O) groups excluding carboxylic acids is 3. The Labute approximate surface area is 229 Å². The molecule has 1 atom stereocenters. The fraction of sp³-hybridized carbons (Fsp3) is 0.448. The van der Waals surface area contributed by atoms with Crippen molar-refractivity contribution in [2.24, 2.45) is 0 Å². The van der Waals surface area contributed by atoms with E-state index in [1.165, 1.54) is 12.0 Å². The number of hydrogen-bond acceptors (Lipinski definition) is 6. The topological polar surface area (TPSA) is 118 Å². The minimum Gasteiger partial charge on any atom is -0.497 e. The molecule has 0 saturated carbocycles. The average molecular weight is 533 g/mol. The van der Waals surface area contributed by atoms with Crippen molar-refractivity contribution in [3.63, 3.8) is 0 Å². The molecule has 2 aliphatic heterocycles. The number of methoxy groups -OCH3 is 1. The van der Waals surface area contributed by atoms with Crippen LogP contribution in [0.3, 0.4) is 0 Å². The molecule has 1 aromatic carbocycles. The van der Waals surface area contributed by atoms with Gasteiger partial charge in [0, 0.05) is 37.8 Å². The van der Waals surface area contributed by atoms with Crippen molar-refractivity contribution < 1.29 is 19.1 Å². The minimum absolute atomic E-state index is 0.0796. The van der Waals surface area contributed by atoms with Gasteiger partial charge in [0.15, 0.2) is 0 Å². The number of urea groups is 1. The molecule has 1 aromatic rings. The summed E-state index contributed by atoms with van der Waals surface area (Å²) >= 11 is 0. The van der Waals surface area contributed by atoms with Gasteiger partial charge in [-0.05, 0) is 49.2 Å². The SMILES string of the molecule is CCN(CC)CCN(C)C(=N)C1=CC=C(C#C[C@]2(CN3Cc4ccc(OC)cc4C3=O)NC(=O)NC2=O)CC1. The Kier molecular flexibility index (Phi) is 8.41. The van der Waals surface area contributed by atoms with E-state index in [-0.39, 0.29) is 12.5 Å². The molecule has 206 valence electrons. The highest BCUT2D eigenvalue weighted by Gasteiger charge is 2.48. The molecule has 1 aliphatic carbocycles. The maximum atomic E-state index is 13.1. The van der Waals surface area contributed by atoms with E-state index in [1.54, 1.807) is 12.1 Å². The van der Waals surface area contributed by atoms with Crippen LogP contribution in [0.4, 0.5) is 4.79 Å². The molecule has 0 aromatic heterocycles. The largest absolute Gasteiger partial charge is 0.497 e. The Bertz CT molecular complexity index is 1300. The summed E-state index contributed by atoms with van der Waals surface area (Å²) in [7, 11) is 3.47. The third-order valence-electron chi connectivity index (χ3n) is 7.48. The summed E-state index contributed by atoms with van der Waals surface area (Å²) in [5.41, 5.74) is 1.51. The van der Waals surface area contributed by atoms with E-state index in [0.717, 1.165) is 42.9 Å².